The molecule has 2 aromatic carbocycles. The Balaban J connectivity index is 1.48. The molecule has 1 aromatic heterocycles. The van der Waals surface area contributed by atoms with Gasteiger partial charge >= 0.3 is 0 Å². The lowest BCUT2D eigenvalue weighted by Gasteiger charge is -2.42. The lowest BCUT2D eigenvalue weighted by Crippen LogP contribution is -2.44. The predicted molar refractivity (Wildman–Crippen MR) is 109 cm³/mol. The van der Waals surface area contributed by atoms with E-state index in [2.05, 4.69) is 40.3 Å². The van der Waals surface area contributed by atoms with Crippen molar-refractivity contribution in [2.45, 2.75) is 44.1 Å². The van der Waals surface area contributed by atoms with Crippen LogP contribution in [-0.2, 0) is 0 Å². The summed E-state index contributed by atoms with van der Waals surface area (Å²) >= 11 is 0. The highest BCUT2D eigenvalue weighted by Crippen LogP contribution is 2.38. The highest BCUT2D eigenvalue weighted by Gasteiger charge is 2.32. The van der Waals surface area contributed by atoms with Gasteiger partial charge < -0.3 is 9.64 Å². The Kier molecular flexibility index (Phi) is 4.36. The number of H-pyrrole nitrogens is 1. The largest absolute Gasteiger partial charge is 0.497 e. The van der Waals surface area contributed by atoms with Gasteiger partial charge in [-0.05, 0) is 74.2 Å². The standard InChI is InChI=1S/C23H27N3O/c1-27-20-7-4-5-16(14-20)17-8-9-22-21(15-17)23(25-24-22)18-10-12-26-11-3-2-6-19(26)13-18/h4-5,7-9,14-15,18-19H,2-3,6,10-13H2,1H3,(H,24,25). The second kappa shape index (κ2) is 7.01. The monoisotopic (exact) mass is 361 g/mol. The zero-order chi connectivity index (χ0) is 18.2. The molecule has 2 fully saturated rings. The molecule has 4 heteroatoms. The Hall–Kier alpha value is -2.33. The van der Waals surface area contributed by atoms with Crippen molar-refractivity contribution in [3.8, 4) is 16.9 Å². The van der Waals surface area contributed by atoms with E-state index in [1.54, 1.807) is 7.11 Å². The van der Waals surface area contributed by atoms with Gasteiger partial charge in [-0.3, -0.25) is 5.10 Å². The van der Waals surface area contributed by atoms with Crippen molar-refractivity contribution in [2.24, 2.45) is 0 Å². The van der Waals surface area contributed by atoms with Crippen LogP contribution in [0.4, 0.5) is 0 Å². The van der Waals surface area contributed by atoms with Crippen LogP contribution in [-0.4, -0.2) is 41.3 Å². The highest BCUT2D eigenvalue weighted by atomic mass is 16.5. The van der Waals surface area contributed by atoms with Crippen molar-refractivity contribution in [3.05, 3.63) is 48.2 Å². The van der Waals surface area contributed by atoms with Gasteiger partial charge in [0.05, 0.1) is 18.3 Å². The second-order valence-electron chi connectivity index (χ2n) is 8.01. The normalized spacial score (nSPS) is 23.3. The molecule has 2 atom stereocenters. The number of nitrogens with zero attached hydrogens (tertiary/aromatic N) is 2. The summed E-state index contributed by atoms with van der Waals surface area (Å²) in [6.45, 7) is 2.51. The van der Waals surface area contributed by atoms with E-state index < -0.39 is 0 Å². The molecule has 0 aliphatic carbocycles. The third kappa shape index (κ3) is 3.12. The maximum atomic E-state index is 5.39. The van der Waals surface area contributed by atoms with Crippen molar-refractivity contribution >= 4 is 10.9 Å². The summed E-state index contributed by atoms with van der Waals surface area (Å²) in [4.78, 5) is 2.70. The summed E-state index contributed by atoms with van der Waals surface area (Å²) in [6, 6.07) is 15.7. The van der Waals surface area contributed by atoms with Crippen LogP contribution in [0.5, 0.6) is 5.75 Å². The first-order chi connectivity index (χ1) is 13.3. The minimum atomic E-state index is 0.568. The summed E-state index contributed by atoms with van der Waals surface area (Å²) in [5, 5.41) is 9.31. The SMILES string of the molecule is COc1cccc(-c2ccc3[nH]nc(C4CCN5CCCCC5C4)c3c2)c1. The minimum absolute atomic E-state index is 0.568. The van der Waals surface area contributed by atoms with Crippen LogP contribution in [0.15, 0.2) is 42.5 Å². The Bertz CT molecular complexity index is 948. The third-order valence-corrected chi connectivity index (χ3v) is 6.45. The fourth-order valence-electron chi connectivity index (χ4n) is 4.97. The first-order valence-corrected chi connectivity index (χ1v) is 10.2. The average molecular weight is 361 g/mol. The van der Waals surface area contributed by atoms with Crippen LogP contribution in [0.3, 0.4) is 0 Å². The molecular weight excluding hydrogens is 334 g/mol. The number of nitrogens with one attached hydrogen (secondary N) is 1. The summed E-state index contributed by atoms with van der Waals surface area (Å²) in [7, 11) is 1.72. The zero-order valence-corrected chi connectivity index (χ0v) is 15.9. The summed E-state index contributed by atoms with van der Waals surface area (Å²) in [5.74, 6) is 1.46. The molecule has 0 amide bonds. The van der Waals surface area contributed by atoms with E-state index in [4.69, 9.17) is 9.84 Å². The lowest BCUT2D eigenvalue weighted by molar-refractivity contribution is 0.0968. The summed E-state index contributed by atoms with van der Waals surface area (Å²) in [6.07, 6.45) is 6.59. The fraction of sp³-hybridized carbons (Fsp3) is 0.435. The number of rotatable bonds is 3. The van der Waals surface area contributed by atoms with Gasteiger partial charge in [0, 0.05) is 17.3 Å². The number of hydrogen-bond acceptors (Lipinski definition) is 3. The molecule has 3 heterocycles. The number of methoxy groups -OCH3 is 1. The number of piperidine rings is 2. The van der Waals surface area contributed by atoms with Crippen LogP contribution < -0.4 is 4.74 Å². The first-order valence-electron chi connectivity index (χ1n) is 10.2. The molecule has 0 bridgehead atoms. The summed E-state index contributed by atoms with van der Waals surface area (Å²) in [5.41, 5.74) is 4.81. The van der Waals surface area contributed by atoms with Crippen molar-refractivity contribution < 1.29 is 4.74 Å². The average Bonchev–Trinajstić information content (AvgIpc) is 3.16. The maximum absolute atomic E-state index is 5.39. The van der Waals surface area contributed by atoms with E-state index in [1.165, 1.54) is 67.4 Å². The van der Waals surface area contributed by atoms with E-state index in [1.807, 2.05) is 12.1 Å². The lowest BCUT2D eigenvalue weighted by atomic mass is 9.83. The summed E-state index contributed by atoms with van der Waals surface area (Å²) < 4.78 is 5.39. The van der Waals surface area contributed by atoms with E-state index in [-0.39, 0.29) is 0 Å². The number of fused-ring (bicyclic) bond motifs is 2. The minimum Gasteiger partial charge on any atom is -0.497 e. The van der Waals surface area contributed by atoms with Crippen molar-refractivity contribution in [1.82, 2.24) is 15.1 Å². The smallest absolute Gasteiger partial charge is 0.119 e. The maximum Gasteiger partial charge on any atom is 0.119 e. The Labute approximate surface area is 160 Å². The van der Waals surface area contributed by atoms with Crippen molar-refractivity contribution in [2.75, 3.05) is 20.2 Å². The van der Waals surface area contributed by atoms with E-state index >= 15 is 0 Å². The topological polar surface area (TPSA) is 41.1 Å². The molecule has 1 N–H and O–H groups in total. The molecule has 2 saturated heterocycles. The van der Waals surface area contributed by atoms with Gasteiger partial charge in [-0.2, -0.15) is 5.10 Å². The van der Waals surface area contributed by atoms with Gasteiger partial charge in [0.2, 0.25) is 0 Å². The van der Waals surface area contributed by atoms with Crippen LogP contribution in [0, 0.1) is 0 Å². The molecule has 2 unspecified atom stereocenters. The highest BCUT2D eigenvalue weighted by molar-refractivity contribution is 5.87. The van der Waals surface area contributed by atoms with Crippen molar-refractivity contribution in [1.29, 1.82) is 0 Å². The molecular formula is C23H27N3O. The first kappa shape index (κ1) is 16.8. The van der Waals surface area contributed by atoms with Crippen LogP contribution in [0.1, 0.15) is 43.7 Å². The van der Waals surface area contributed by atoms with Gasteiger partial charge in [0.15, 0.2) is 0 Å². The van der Waals surface area contributed by atoms with Gasteiger partial charge in [-0.25, -0.2) is 0 Å². The Morgan fingerprint density at radius 2 is 1.96 bits per heavy atom. The molecule has 140 valence electrons. The molecule has 2 aliphatic rings. The van der Waals surface area contributed by atoms with Crippen molar-refractivity contribution in [3.63, 3.8) is 0 Å². The van der Waals surface area contributed by atoms with Crippen LogP contribution in [0.25, 0.3) is 22.0 Å². The molecule has 4 nitrogen and oxygen atoms in total. The number of benzene rings is 2. The quantitative estimate of drug-likeness (QED) is 0.716. The van der Waals surface area contributed by atoms with E-state index in [0.29, 0.717) is 5.92 Å². The van der Waals surface area contributed by atoms with Gasteiger partial charge in [-0.15, -0.1) is 0 Å². The second-order valence-corrected chi connectivity index (χ2v) is 8.01. The Morgan fingerprint density at radius 3 is 2.89 bits per heavy atom. The number of hydrogen-bond donors (Lipinski definition) is 1. The van der Waals surface area contributed by atoms with E-state index in [9.17, 15) is 0 Å². The fourth-order valence-corrected chi connectivity index (χ4v) is 4.97. The predicted octanol–water partition coefficient (Wildman–Crippen LogP) is 4.97. The number of aromatic nitrogens is 2. The van der Waals surface area contributed by atoms with Crippen LogP contribution in [0.2, 0.25) is 0 Å². The third-order valence-electron chi connectivity index (χ3n) is 6.45. The molecule has 2 aliphatic heterocycles. The molecule has 5 rings (SSSR count). The van der Waals surface area contributed by atoms with Gasteiger partial charge in [0.1, 0.15) is 5.75 Å². The molecule has 27 heavy (non-hydrogen) atoms. The number of ether oxygens (including phenoxy) is 1. The molecule has 0 saturated carbocycles. The number of aromatic amines is 1. The Morgan fingerprint density at radius 1 is 1.04 bits per heavy atom. The molecule has 0 radical (unpaired) electrons. The van der Waals surface area contributed by atoms with Gasteiger partial charge in [0.25, 0.3) is 0 Å². The van der Waals surface area contributed by atoms with Crippen LogP contribution >= 0.6 is 0 Å². The molecule has 0 spiro atoms. The molecule has 3 aromatic rings. The van der Waals surface area contributed by atoms with E-state index in [0.717, 1.165) is 17.3 Å². The zero-order valence-electron chi connectivity index (χ0n) is 15.9. The van der Waals surface area contributed by atoms with Gasteiger partial charge in [-0.1, -0.05) is 24.6 Å².